The highest BCUT2D eigenvalue weighted by molar-refractivity contribution is 5.65. The first-order chi connectivity index (χ1) is 10.3. The minimum atomic E-state index is 0.558. The molecule has 0 saturated carbocycles. The molecule has 1 fully saturated rings. The van der Waals surface area contributed by atoms with Crippen LogP contribution in [-0.4, -0.2) is 53.2 Å². The molecule has 0 N–H and O–H groups in total. The maximum Gasteiger partial charge on any atom is 0.250 e. The van der Waals surface area contributed by atoms with E-state index in [0.717, 1.165) is 44.1 Å². The number of benzene rings is 1. The van der Waals surface area contributed by atoms with Crippen LogP contribution in [-0.2, 0) is 6.54 Å². The molecule has 1 aliphatic heterocycles. The second-order valence-corrected chi connectivity index (χ2v) is 5.37. The first-order valence-corrected chi connectivity index (χ1v) is 7.26. The molecule has 0 unspecified atom stereocenters. The van der Waals surface area contributed by atoms with Crippen molar-refractivity contribution in [1.29, 1.82) is 0 Å². The number of hydrogen-bond donors (Lipinski definition) is 0. The average Bonchev–Trinajstić information content (AvgIpc) is 2.96. The monoisotopic (exact) mass is 284 g/mol. The van der Waals surface area contributed by atoms with Crippen LogP contribution in [0.4, 0.5) is 0 Å². The van der Waals surface area contributed by atoms with Crippen molar-refractivity contribution in [3.8, 4) is 0 Å². The van der Waals surface area contributed by atoms with Gasteiger partial charge in [0.2, 0.25) is 0 Å². The Morgan fingerprint density at radius 2 is 1.86 bits per heavy atom. The van der Waals surface area contributed by atoms with Crippen LogP contribution in [0, 0.1) is 0 Å². The molecule has 2 heterocycles. The molecule has 0 bridgehead atoms. The van der Waals surface area contributed by atoms with Crippen LogP contribution >= 0.6 is 0 Å². The second kappa shape index (κ2) is 6.65. The molecule has 5 nitrogen and oxygen atoms in total. The summed E-state index contributed by atoms with van der Waals surface area (Å²) < 4.78 is 5.26. The summed E-state index contributed by atoms with van der Waals surface area (Å²) in [7, 11) is 2.15. The number of aromatic nitrogens is 2. The van der Waals surface area contributed by atoms with Crippen LogP contribution in [0.5, 0.6) is 0 Å². The lowest BCUT2D eigenvalue weighted by atomic mass is 10.2. The molecule has 1 aromatic carbocycles. The molecule has 2 aromatic rings. The number of piperazine rings is 1. The Hall–Kier alpha value is -1.98. The van der Waals surface area contributed by atoms with Gasteiger partial charge in [-0.2, -0.15) is 4.98 Å². The predicted octanol–water partition coefficient (Wildman–Crippen LogP) is 1.99. The van der Waals surface area contributed by atoms with Crippen LogP contribution < -0.4 is 0 Å². The van der Waals surface area contributed by atoms with E-state index in [2.05, 4.69) is 27.0 Å². The Balaban J connectivity index is 1.57. The first-order valence-electron chi connectivity index (χ1n) is 7.26. The van der Waals surface area contributed by atoms with Gasteiger partial charge in [0.25, 0.3) is 5.89 Å². The van der Waals surface area contributed by atoms with Crippen LogP contribution in [0.25, 0.3) is 12.2 Å². The number of nitrogens with zero attached hydrogens (tertiary/aromatic N) is 4. The average molecular weight is 284 g/mol. The van der Waals surface area contributed by atoms with Crippen molar-refractivity contribution >= 4 is 12.2 Å². The van der Waals surface area contributed by atoms with Crippen molar-refractivity contribution in [2.75, 3.05) is 33.2 Å². The van der Waals surface area contributed by atoms with Crippen LogP contribution in [0.3, 0.4) is 0 Å². The molecule has 1 aliphatic rings. The summed E-state index contributed by atoms with van der Waals surface area (Å²) in [5, 5.41) is 4.05. The zero-order valence-electron chi connectivity index (χ0n) is 12.3. The lowest BCUT2D eigenvalue weighted by molar-refractivity contribution is 0.144. The molecule has 0 atom stereocenters. The van der Waals surface area contributed by atoms with E-state index in [1.165, 1.54) is 0 Å². The third-order valence-electron chi connectivity index (χ3n) is 3.66. The Bertz CT molecular complexity index is 585. The van der Waals surface area contributed by atoms with Gasteiger partial charge in [-0.25, -0.2) is 0 Å². The maximum atomic E-state index is 5.26. The molecule has 0 radical (unpaired) electrons. The largest absolute Gasteiger partial charge is 0.335 e. The van der Waals surface area contributed by atoms with Gasteiger partial charge >= 0.3 is 0 Å². The van der Waals surface area contributed by atoms with E-state index in [9.17, 15) is 0 Å². The third-order valence-corrected chi connectivity index (χ3v) is 3.66. The molecule has 0 spiro atoms. The predicted molar refractivity (Wildman–Crippen MR) is 82.4 cm³/mol. The van der Waals surface area contributed by atoms with Crippen molar-refractivity contribution < 1.29 is 4.52 Å². The molecule has 1 saturated heterocycles. The Kier molecular flexibility index (Phi) is 4.43. The van der Waals surface area contributed by atoms with Crippen LogP contribution in [0.15, 0.2) is 34.9 Å². The SMILES string of the molecule is CN1CCN(Cc2noc(/C=C/c3ccccc3)n2)CC1. The summed E-state index contributed by atoms with van der Waals surface area (Å²) in [5.74, 6) is 1.32. The maximum absolute atomic E-state index is 5.26. The molecule has 110 valence electrons. The summed E-state index contributed by atoms with van der Waals surface area (Å²) in [5.41, 5.74) is 1.12. The van der Waals surface area contributed by atoms with E-state index in [-0.39, 0.29) is 0 Å². The standard InChI is InChI=1S/C16H20N4O/c1-19-9-11-20(12-10-19)13-15-17-16(21-18-15)8-7-14-5-3-2-4-6-14/h2-8H,9-13H2,1H3/b8-7+. The zero-order chi connectivity index (χ0) is 14.5. The van der Waals surface area contributed by atoms with E-state index in [4.69, 9.17) is 4.52 Å². The molecule has 3 rings (SSSR count). The van der Waals surface area contributed by atoms with Crippen molar-refractivity contribution in [2.24, 2.45) is 0 Å². The fraction of sp³-hybridized carbons (Fsp3) is 0.375. The Morgan fingerprint density at radius 1 is 1.10 bits per heavy atom. The fourth-order valence-electron chi connectivity index (χ4n) is 2.34. The van der Waals surface area contributed by atoms with Gasteiger partial charge in [0.15, 0.2) is 5.82 Å². The van der Waals surface area contributed by atoms with Gasteiger partial charge in [0.05, 0.1) is 6.54 Å². The van der Waals surface area contributed by atoms with E-state index in [1.54, 1.807) is 0 Å². The minimum absolute atomic E-state index is 0.558. The lowest BCUT2D eigenvalue weighted by Gasteiger charge is -2.31. The van der Waals surface area contributed by atoms with E-state index < -0.39 is 0 Å². The van der Waals surface area contributed by atoms with Crippen molar-refractivity contribution in [3.05, 3.63) is 47.6 Å². The van der Waals surface area contributed by atoms with Crippen molar-refractivity contribution in [3.63, 3.8) is 0 Å². The molecule has 0 aliphatic carbocycles. The molecule has 5 heteroatoms. The molecular formula is C16H20N4O. The molecule has 0 amide bonds. The van der Waals surface area contributed by atoms with Gasteiger partial charge < -0.3 is 9.42 Å². The number of likely N-dealkylation sites (N-methyl/N-ethyl adjacent to an activating group) is 1. The van der Waals surface area contributed by atoms with Crippen LogP contribution in [0.1, 0.15) is 17.3 Å². The molecule has 1 aromatic heterocycles. The lowest BCUT2D eigenvalue weighted by Crippen LogP contribution is -2.44. The van der Waals surface area contributed by atoms with Crippen molar-refractivity contribution in [1.82, 2.24) is 19.9 Å². The highest BCUT2D eigenvalue weighted by atomic mass is 16.5. The van der Waals surface area contributed by atoms with Gasteiger partial charge in [0, 0.05) is 32.3 Å². The highest BCUT2D eigenvalue weighted by Gasteiger charge is 2.16. The number of rotatable bonds is 4. The zero-order valence-corrected chi connectivity index (χ0v) is 12.3. The highest BCUT2D eigenvalue weighted by Crippen LogP contribution is 2.09. The summed E-state index contributed by atoms with van der Waals surface area (Å²) in [6.07, 6.45) is 3.84. The van der Waals surface area contributed by atoms with Crippen molar-refractivity contribution in [2.45, 2.75) is 6.54 Å². The summed E-state index contributed by atoms with van der Waals surface area (Å²) in [6, 6.07) is 10.1. The second-order valence-electron chi connectivity index (χ2n) is 5.37. The van der Waals surface area contributed by atoms with Crippen LogP contribution in [0.2, 0.25) is 0 Å². The summed E-state index contributed by atoms with van der Waals surface area (Å²) in [6.45, 7) is 5.06. The normalized spacial score (nSPS) is 17.6. The van der Waals surface area contributed by atoms with Gasteiger partial charge in [-0.1, -0.05) is 35.5 Å². The Labute approximate surface area is 124 Å². The number of hydrogen-bond acceptors (Lipinski definition) is 5. The van der Waals surface area contributed by atoms with E-state index in [1.807, 2.05) is 42.5 Å². The Morgan fingerprint density at radius 3 is 2.62 bits per heavy atom. The summed E-state index contributed by atoms with van der Waals surface area (Å²) in [4.78, 5) is 9.11. The quantitative estimate of drug-likeness (QED) is 0.859. The van der Waals surface area contributed by atoms with Gasteiger partial charge in [-0.05, 0) is 18.7 Å². The van der Waals surface area contributed by atoms with E-state index in [0.29, 0.717) is 5.89 Å². The van der Waals surface area contributed by atoms with Gasteiger partial charge in [-0.3, -0.25) is 4.90 Å². The fourth-order valence-corrected chi connectivity index (χ4v) is 2.34. The molecular weight excluding hydrogens is 264 g/mol. The smallest absolute Gasteiger partial charge is 0.250 e. The van der Waals surface area contributed by atoms with Gasteiger partial charge in [-0.15, -0.1) is 0 Å². The minimum Gasteiger partial charge on any atom is -0.335 e. The van der Waals surface area contributed by atoms with E-state index >= 15 is 0 Å². The van der Waals surface area contributed by atoms with Gasteiger partial charge in [0.1, 0.15) is 0 Å². The molecule has 21 heavy (non-hydrogen) atoms. The topological polar surface area (TPSA) is 45.4 Å². The first kappa shape index (κ1) is 14.0. The third kappa shape index (κ3) is 4.00. The summed E-state index contributed by atoms with van der Waals surface area (Å²) >= 11 is 0.